The Kier molecular flexibility index (Phi) is 5.57. The Morgan fingerprint density at radius 2 is 1.73 bits per heavy atom. The summed E-state index contributed by atoms with van der Waals surface area (Å²) in [6.45, 7) is 3.37. The highest BCUT2D eigenvalue weighted by molar-refractivity contribution is 5.80. The molecule has 0 unspecified atom stereocenters. The molecule has 0 aliphatic heterocycles. The Morgan fingerprint density at radius 1 is 1.18 bits per heavy atom. The van der Waals surface area contributed by atoms with Crippen LogP contribution >= 0.6 is 0 Å². The number of hydrogen-bond donors (Lipinski definition) is 2. The number of nitrogens with one attached hydrogen (secondary N) is 1. The molecule has 7 heteroatoms. The van der Waals surface area contributed by atoms with E-state index in [1.54, 1.807) is 13.8 Å². The van der Waals surface area contributed by atoms with Crippen molar-refractivity contribution in [1.82, 2.24) is 5.32 Å². The molecule has 0 bridgehead atoms. The fourth-order valence-corrected chi connectivity index (χ4v) is 1.97. The van der Waals surface area contributed by atoms with E-state index in [1.807, 2.05) is 0 Å². The highest BCUT2D eigenvalue weighted by Gasteiger charge is 2.30. The van der Waals surface area contributed by atoms with Gasteiger partial charge in [0.25, 0.3) is 0 Å². The topological polar surface area (TPSA) is 66.4 Å². The van der Waals surface area contributed by atoms with Crippen LogP contribution in [-0.2, 0) is 22.2 Å². The molecule has 0 saturated carbocycles. The van der Waals surface area contributed by atoms with Crippen molar-refractivity contribution in [3.8, 4) is 0 Å². The highest BCUT2D eigenvalue weighted by Crippen LogP contribution is 2.29. The summed E-state index contributed by atoms with van der Waals surface area (Å²) in [5.74, 6) is -1.45. The number of amides is 1. The largest absolute Gasteiger partial charge is 0.481 e. The summed E-state index contributed by atoms with van der Waals surface area (Å²) in [7, 11) is 0. The molecule has 1 aromatic rings. The average Bonchev–Trinajstić information content (AvgIpc) is 2.37. The van der Waals surface area contributed by atoms with Gasteiger partial charge < -0.3 is 10.4 Å². The summed E-state index contributed by atoms with van der Waals surface area (Å²) in [4.78, 5) is 22.7. The van der Waals surface area contributed by atoms with Gasteiger partial charge in [-0.1, -0.05) is 19.1 Å². The highest BCUT2D eigenvalue weighted by atomic mass is 19.4. The first-order valence-electron chi connectivity index (χ1n) is 6.75. The Morgan fingerprint density at radius 3 is 2.14 bits per heavy atom. The molecule has 122 valence electrons. The molecular formula is C15H18F3NO3. The van der Waals surface area contributed by atoms with Gasteiger partial charge in [0.05, 0.1) is 18.4 Å². The lowest BCUT2D eigenvalue weighted by Gasteiger charge is -2.28. The van der Waals surface area contributed by atoms with Crippen LogP contribution in [-0.4, -0.2) is 22.5 Å². The molecule has 1 atom stereocenters. The van der Waals surface area contributed by atoms with Crippen molar-refractivity contribution in [3.05, 3.63) is 35.4 Å². The Hall–Kier alpha value is -2.05. The van der Waals surface area contributed by atoms with Crippen molar-refractivity contribution in [3.63, 3.8) is 0 Å². The second-order valence-electron chi connectivity index (χ2n) is 5.40. The zero-order chi connectivity index (χ0) is 17.0. The van der Waals surface area contributed by atoms with Crippen LogP contribution in [0.1, 0.15) is 37.8 Å². The minimum absolute atomic E-state index is 0.104. The number of carboxylic acids is 1. The molecule has 2 N–H and O–H groups in total. The summed E-state index contributed by atoms with van der Waals surface area (Å²) in [6, 6.07) is 4.31. The number of benzene rings is 1. The summed E-state index contributed by atoms with van der Waals surface area (Å²) in [5, 5.41) is 11.5. The molecule has 1 aromatic carbocycles. The van der Waals surface area contributed by atoms with Gasteiger partial charge in [-0.15, -0.1) is 0 Å². The van der Waals surface area contributed by atoms with E-state index in [2.05, 4.69) is 5.32 Å². The average molecular weight is 317 g/mol. The molecule has 0 fully saturated rings. The van der Waals surface area contributed by atoms with E-state index in [4.69, 9.17) is 5.11 Å². The first-order valence-corrected chi connectivity index (χ1v) is 6.75. The molecule has 0 aliphatic rings. The second-order valence-corrected chi connectivity index (χ2v) is 5.40. The Labute approximate surface area is 126 Å². The van der Waals surface area contributed by atoms with E-state index in [0.717, 1.165) is 12.1 Å². The summed E-state index contributed by atoms with van der Waals surface area (Å²) < 4.78 is 37.3. The molecule has 1 rings (SSSR count). The molecule has 0 heterocycles. The predicted octanol–water partition coefficient (Wildman–Crippen LogP) is 3.01. The smallest absolute Gasteiger partial charge is 0.416 e. The van der Waals surface area contributed by atoms with Gasteiger partial charge in [0.15, 0.2) is 0 Å². The number of aliphatic carboxylic acids is 1. The third-order valence-corrected chi connectivity index (χ3v) is 3.41. The van der Waals surface area contributed by atoms with Crippen LogP contribution in [0.4, 0.5) is 13.2 Å². The standard InChI is InChI=1S/C15H18F3NO3/c1-3-14(2,9-13(21)22)19-12(20)8-10-4-6-11(7-5-10)15(16,17)18/h4-7H,3,8-9H2,1-2H3,(H,19,20)(H,21,22)/t14-/m1/s1. The van der Waals surface area contributed by atoms with E-state index in [1.165, 1.54) is 12.1 Å². The van der Waals surface area contributed by atoms with E-state index in [0.29, 0.717) is 12.0 Å². The lowest BCUT2D eigenvalue weighted by atomic mass is 9.94. The SMILES string of the molecule is CC[C@](C)(CC(=O)O)NC(=O)Cc1ccc(C(F)(F)F)cc1. The van der Waals surface area contributed by atoms with Crippen LogP contribution in [0, 0.1) is 0 Å². The molecule has 1 amide bonds. The van der Waals surface area contributed by atoms with Crippen molar-refractivity contribution >= 4 is 11.9 Å². The van der Waals surface area contributed by atoms with Crippen LogP contribution < -0.4 is 5.32 Å². The summed E-state index contributed by atoms with van der Waals surface area (Å²) >= 11 is 0. The molecule has 0 aromatic heterocycles. The summed E-state index contributed by atoms with van der Waals surface area (Å²) in [5.41, 5.74) is -1.23. The van der Waals surface area contributed by atoms with Crippen LogP contribution in [0.15, 0.2) is 24.3 Å². The van der Waals surface area contributed by atoms with Crippen LogP contribution in [0.5, 0.6) is 0 Å². The van der Waals surface area contributed by atoms with Gasteiger partial charge in [0, 0.05) is 5.54 Å². The molecule has 0 aliphatic carbocycles. The van der Waals surface area contributed by atoms with E-state index in [-0.39, 0.29) is 12.8 Å². The molecule has 4 nitrogen and oxygen atoms in total. The number of alkyl halides is 3. The van der Waals surface area contributed by atoms with Crippen molar-refractivity contribution in [1.29, 1.82) is 0 Å². The van der Waals surface area contributed by atoms with Gasteiger partial charge in [-0.05, 0) is 31.0 Å². The number of halogens is 3. The van der Waals surface area contributed by atoms with E-state index < -0.39 is 29.2 Å². The van der Waals surface area contributed by atoms with Gasteiger partial charge in [0.1, 0.15) is 0 Å². The number of carboxylic acid groups (broad SMARTS) is 1. The molecular weight excluding hydrogens is 299 g/mol. The zero-order valence-electron chi connectivity index (χ0n) is 12.3. The van der Waals surface area contributed by atoms with Crippen LogP contribution in [0.3, 0.4) is 0 Å². The van der Waals surface area contributed by atoms with Gasteiger partial charge in [-0.3, -0.25) is 9.59 Å². The predicted molar refractivity (Wildman–Crippen MR) is 74.2 cm³/mol. The van der Waals surface area contributed by atoms with Gasteiger partial charge in [-0.2, -0.15) is 13.2 Å². The van der Waals surface area contributed by atoms with Crippen molar-refractivity contribution < 1.29 is 27.9 Å². The van der Waals surface area contributed by atoms with Crippen LogP contribution in [0.2, 0.25) is 0 Å². The van der Waals surface area contributed by atoms with Gasteiger partial charge in [0.2, 0.25) is 5.91 Å². The fourth-order valence-electron chi connectivity index (χ4n) is 1.97. The maximum atomic E-state index is 12.4. The Balaban J connectivity index is 2.70. The molecule has 0 saturated heterocycles. The fraction of sp³-hybridized carbons (Fsp3) is 0.467. The quantitative estimate of drug-likeness (QED) is 0.847. The lowest BCUT2D eigenvalue weighted by Crippen LogP contribution is -2.47. The first-order chi connectivity index (χ1) is 10.1. The normalized spacial score (nSPS) is 14.2. The van der Waals surface area contributed by atoms with Crippen LogP contribution in [0.25, 0.3) is 0 Å². The van der Waals surface area contributed by atoms with Crippen molar-refractivity contribution in [2.75, 3.05) is 0 Å². The molecule has 0 radical (unpaired) electrons. The Bertz CT molecular complexity index is 540. The second kappa shape index (κ2) is 6.81. The molecule has 22 heavy (non-hydrogen) atoms. The number of carbonyl (C=O) groups is 2. The maximum Gasteiger partial charge on any atom is 0.416 e. The van der Waals surface area contributed by atoms with Gasteiger partial charge >= 0.3 is 12.1 Å². The first kappa shape index (κ1) is 18.0. The minimum Gasteiger partial charge on any atom is -0.481 e. The molecule has 0 spiro atoms. The van der Waals surface area contributed by atoms with Crippen molar-refractivity contribution in [2.45, 2.75) is 44.8 Å². The maximum absolute atomic E-state index is 12.4. The van der Waals surface area contributed by atoms with E-state index in [9.17, 15) is 22.8 Å². The van der Waals surface area contributed by atoms with Gasteiger partial charge in [-0.25, -0.2) is 0 Å². The third-order valence-electron chi connectivity index (χ3n) is 3.41. The number of rotatable bonds is 6. The monoisotopic (exact) mass is 317 g/mol. The lowest BCUT2D eigenvalue weighted by molar-refractivity contribution is -0.139. The van der Waals surface area contributed by atoms with Crippen molar-refractivity contribution in [2.24, 2.45) is 0 Å². The minimum atomic E-state index is -4.41. The number of carbonyl (C=O) groups excluding carboxylic acids is 1. The summed E-state index contributed by atoms with van der Waals surface area (Å²) in [6.07, 6.45) is -4.31. The third kappa shape index (κ3) is 5.38. The number of hydrogen-bond acceptors (Lipinski definition) is 2. The van der Waals surface area contributed by atoms with E-state index >= 15 is 0 Å². The zero-order valence-corrected chi connectivity index (χ0v) is 12.3.